The Hall–Kier alpha value is -2.88. The van der Waals surface area contributed by atoms with Crippen molar-refractivity contribution in [2.45, 2.75) is 11.0 Å². The Kier molecular flexibility index (Phi) is 5.41. The summed E-state index contributed by atoms with van der Waals surface area (Å²) in [6, 6.07) is 11.1. The number of primary amides is 1. The van der Waals surface area contributed by atoms with Gasteiger partial charge < -0.3 is 20.1 Å². The molecular weight excluding hydrogens is 382 g/mol. The molecule has 0 aliphatic carbocycles. The van der Waals surface area contributed by atoms with Gasteiger partial charge in [0.15, 0.2) is 0 Å². The molecule has 0 fully saturated rings. The molecule has 1 amide bonds. The van der Waals surface area contributed by atoms with Gasteiger partial charge in [-0.2, -0.15) is 0 Å². The molecule has 3 rings (SSSR count). The number of aliphatic hydroxyl groups is 1. The highest BCUT2D eigenvalue weighted by molar-refractivity contribution is 7.89. The molecule has 0 unspecified atom stereocenters. The van der Waals surface area contributed by atoms with Crippen LogP contribution in [0.2, 0.25) is 0 Å². The second kappa shape index (κ2) is 7.63. The smallest absolute Gasteiger partial charge is 0.252 e. The SMILES string of the molecule is COc1ccc(S(=O)(=O)NC[C@H](O)c2ccc3c(ccn3C)c2)cc1C(N)=O. The second-order valence-corrected chi connectivity index (χ2v) is 8.11. The number of aromatic nitrogens is 1. The maximum absolute atomic E-state index is 12.5. The van der Waals surface area contributed by atoms with Crippen LogP contribution in [0.25, 0.3) is 10.9 Å². The molecule has 0 aliphatic rings. The van der Waals surface area contributed by atoms with Gasteiger partial charge in [-0.05, 0) is 47.3 Å². The molecule has 0 saturated heterocycles. The van der Waals surface area contributed by atoms with Crippen molar-refractivity contribution in [3.05, 3.63) is 59.8 Å². The van der Waals surface area contributed by atoms with Crippen LogP contribution in [0.5, 0.6) is 5.75 Å². The molecule has 148 valence electrons. The van der Waals surface area contributed by atoms with Gasteiger partial charge in [0, 0.05) is 25.3 Å². The lowest BCUT2D eigenvalue weighted by Gasteiger charge is -2.14. The summed E-state index contributed by atoms with van der Waals surface area (Å²) in [7, 11) is -0.686. The van der Waals surface area contributed by atoms with E-state index in [-0.39, 0.29) is 22.8 Å². The molecule has 0 saturated carbocycles. The maximum Gasteiger partial charge on any atom is 0.252 e. The van der Waals surface area contributed by atoms with Crippen LogP contribution in [0.3, 0.4) is 0 Å². The topological polar surface area (TPSA) is 124 Å². The maximum atomic E-state index is 12.5. The fraction of sp³-hybridized carbons (Fsp3) is 0.211. The molecule has 1 atom stereocenters. The Morgan fingerprint density at radius 3 is 2.68 bits per heavy atom. The van der Waals surface area contributed by atoms with Crippen LogP contribution >= 0.6 is 0 Å². The average Bonchev–Trinajstić information content (AvgIpc) is 3.05. The number of nitrogens with zero attached hydrogens (tertiary/aromatic N) is 1. The fourth-order valence-electron chi connectivity index (χ4n) is 2.94. The third-order valence-electron chi connectivity index (χ3n) is 4.51. The molecule has 3 aromatic rings. The van der Waals surface area contributed by atoms with Gasteiger partial charge in [-0.3, -0.25) is 4.79 Å². The van der Waals surface area contributed by atoms with Crippen molar-refractivity contribution < 1.29 is 23.1 Å². The number of amides is 1. The van der Waals surface area contributed by atoms with Crippen molar-refractivity contribution in [2.24, 2.45) is 12.8 Å². The first-order chi connectivity index (χ1) is 13.2. The number of ether oxygens (including phenoxy) is 1. The lowest BCUT2D eigenvalue weighted by molar-refractivity contribution is 0.0997. The molecule has 0 bridgehead atoms. The predicted molar refractivity (Wildman–Crippen MR) is 105 cm³/mol. The molecule has 28 heavy (non-hydrogen) atoms. The highest BCUT2D eigenvalue weighted by Crippen LogP contribution is 2.23. The van der Waals surface area contributed by atoms with Gasteiger partial charge in [-0.25, -0.2) is 13.1 Å². The molecule has 1 aromatic heterocycles. The van der Waals surface area contributed by atoms with E-state index in [9.17, 15) is 18.3 Å². The van der Waals surface area contributed by atoms with Gasteiger partial charge in [-0.1, -0.05) is 6.07 Å². The van der Waals surface area contributed by atoms with Crippen molar-refractivity contribution in [3.63, 3.8) is 0 Å². The number of nitrogens with one attached hydrogen (secondary N) is 1. The number of aliphatic hydroxyl groups excluding tert-OH is 1. The van der Waals surface area contributed by atoms with Crippen LogP contribution in [0.1, 0.15) is 22.0 Å². The van der Waals surface area contributed by atoms with Crippen molar-refractivity contribution in [2.75, 3.05) is 13.7 Å². The molecule has 0 spiro atoms. The molecule has 4 N–H and O–H groups in total. The number of fused-ring (bicyclic) bond motifs is 1. The number of nitrogens with two attached hydrogens (primary N) is 1. The van der Waals surface area contributed by atoms with E-state index in [2.05, 4.69) is 4.72 Å². The predicted octanol–water partition coefficient (Wildman–Crippen LogP) is 1.30. The number of aryl methyl sites for hydroxylation is 1. The Labute approximate surface area is 162 Å². The van der Waals surface area contributed by atoms with E-state index in [4.69, 9.17) is 10.5 Å². The number of benzene rings is 2. The van der Waals surface area contributed by atoms with Gasteiger partial charge in [0.05, 0.1) is 23.7 Å². The summed E-state index contributed by atoms with van der Waals surface area (Å²) >= 11 is 0. The minimum Gasteiger partial charge on any atom is -0.496 e. The average molecular weight is 403 g/mol. The standard InChI is InChI=1S/C19H21N3O5S/c1-22-8-7-12-9-13(3-5-16(12)22)17(23)11-21-28(25,26)14-4-6-18(27-2)15(10-14)19(20)24/h3-10,17,21,23H,11H2,1-2H3,(H2,20,24)/t17-/m0/s1. The molecule has 8 nitrogen and oxygen atoms in total. The van der Waals surface area contributed by atoms with Crippen LogP contribution in [-0.2, 0) is 17.1 Å². The van der Waals surface area contributed by atoms with Crippen molar-refractivity contribution in [1.29, 1.82) is 0 Å². The first-order valence-corrected chi connectivity index (χ1v) is 9.92. The van der Waals surface area contributed by atoms with E-state index >= 15 is 0 Å². The van der Waals surface area contributed by atoms with Crippen molar-refractivity contribution in [3.8, 4) is 5.75 Å². The number of hydrogen-bond donors (Lipinski definition) is 3. The highest BCUT2D eigenvalue weighted by Gasteiger charge is 2.20. The van der Waals surface area contributed by atoms with Gasteiger partial charge in [0.2, 0.25) is 10.0 Å². The van der Waals surface area contributed by atoms with Gasteiger partial charge in [0.25, 0.3) is 5.91 Å². The first-order valence-electron chi connectivity index (χ1n) is 8.43. The minimum absolute atomic E-state index is 0.0412. The van der Waals surface area contributed by atoms with E-state index in [1.54, 1.807) is 6.07 Å². The monoisotopic (exact) mass is 403 g/mol. The third kappa shape index (κ3) is 3.86. The number of carbonyl (C=O) groups is 1. The zero-order chi connectivity index (χ0) is 20.5. The minimum atomic E-state index is -3.96. The van der Waals surface area contributed by atoms with Gasteiger partial charge in [0.1, 0.15) is 5.75 Å². The first kappa shape index (κ1) is 19.9. The molecule has 0 aliphatic heterocycles. The summed E-state index contributed by atoms with van der Waals surface area (Å²) in [6.07, 6.45) is 0.872. The highest BCUT2D eigenvalue weighted by atomic mass is 32.2. The second-order valence-electron chi connectivity index (χ2n) is 6.34. The summed E-state index contributed by atoms with van der Waals surface area (Å²) < 4.78 is 34.4. The van der Waals surface area contributed by atoms with Gasteiger partial charge in [-0.15, -0.1) is 0 Å². The van der Waals surface area contributed by atoms with Crippen LogP contribution in [0.15, 0.2) is 53.6 Å². The van der Waals surface area contributed by atoms with E-state index in [0.717, 1.165) is 17.0 Å². The van der Waals surface area contributed by atoms with Crippen LogP contribution in [-0.4, -0.2) is 37.7 Å². The number of methoxy groups -OCH3 is 1. The van der Waals surface area contributed by atoms with Crippen LogP contribution in [0, 0.1) is 0 Å². The molecule has 0 radical (unpaired) electrons. The quantitative estimate of drug-likeness (QED) is 0.549. The normalized spacial score (nSPS) is 12.8. The summed E-state index contributed by atoms with van der Waals surface area (Å²) in [4.78, 5) is 11.4. The summed E-state index contributed by atoms with van der Waals surface area (Å²) in [5.74, 6) is -0.618. The molecule has 9 heteroatoms. The third-order valence-corrected chi connectivity index (χ3v) is 5.93. The zero-order valence-corrected chi connectivity index (χ0v) is 16.2. The largest absolute Gasteiger partial charge is 0.496 e. The Morgan fingerprint density at radius 1 is 1.25 bits per heavy atom. The molecule has 1 heterocycles. The Morgan fingerprint density at radius 2 is 2.00 bits per heavy atom. The number of sulfonamides is 1. The van der Waals surface area contributed by atoms with E-state index in [0.29, 0.717) is 5.56 Å². The number of rotatable bonds is 7. The Balaban J connectivity index is 1.78. The Bertz CT molecular complexity index is 1140. The lowest BCUT2D eigenvalue weighted by Crippen LogP contribution is -2.29. The van der Waals surface area contributed by atoms with Crippen molar-refractivity contribution >= 4 is 26.8 Å². The fourth-order valence-corrected chi connectivity index (χ4v) is 4.01. The lowest BCUT2D eigenvalue weighted by atomic mass is 10.1. The number of carbonyl (C=O) groups excluding carboxylic acids is 1. The van der Waals surface area contributed by atoms with E-state index in [1.165, 1.54) is 19.2 Å². The van der Waals surface area contributed by atoms with Gasteiger partial charge >= 0.3 is 0 Å². The van der Waals surface area contributed by atoms with E-state index in [1.807, 2.05) is 36.0 Å². The molecular formula is C19H21N3O5S. The van der Waals surface area contributed by atoms with Crippen molar-refractivity contribution in [1.82, 2.24) is 9.29 Å². The summed E-state index contributed by atoms with van der Waals surface area (Å²) in [6.45, 7) is -0.224. The molecule has 2 aromatic carbocycles. The van der Waals surface area contributed by atoms with Crippen LogP contribution < -0.4 is 15.2 Å². The summed E-state index contributed by atoms with van der Waals surface area (Å²) in [5.41, 5.74) is 6.83. The van der Waals surface area contributed by atoms with Crippen LogP contribution in [0.4, 0.5) is 0 Å². The summed E-state index contributed by atoms with van der Waals surface area (Å²) in [5, 5.41) is 11.3. The van der Waals surface area contributed by atoms with E-state index < -0.39 is 22.0 Å². The number of hydrogen-bond acceptors (Lipinski definition) is 5. The zero-order valence-electron chi connectivity index (χ0n) is 15.4.